The van der Waals surface area contributed by atoms with Gasteiger partial charge in [0.1, 0.15) is 14.6 Å². The highest BCUT2D eigenvalue weighted by atomic mass is 79.9. The van der Waals surface area contributed by atoms with Crippen molar-refractivity contribution in [3.8, 4) is 0 Å². The third-order valence-corrected chi connectivity index (χ3v) is 5.85. The van der Waals surface area contributed by atoms with Crippen molar-refractivity contribution < 1.29 is 4.42 Å². The Morgan fingerprint density at radius 1 is 1.25 bits per heavy atom. The van der Waals surface area contributed by atoms with E-state index in [9.17, 15) is 4.79 Å². The van der Waals surface area contributed by atoms with E-state index in [2.05, 4.69) is 47.8 Å². The smallest absolute Gasteiger partial charge is 0.193 e. The fourth-order valence-corrected chi connectivity index (χ4v) is 2.02. The van der Waals surface area contributed by atoms with Crippen LogP contribution in [0, 0.1) is 0 Å². The van der Waals surface area contributed by atoms with Crippen LogP contribution in [0.15, 0.2) is 39.5 Å². The summed E-state index contributed by atoms with van der Waals surface area (Å²) in [6.45, 7) is 0. The van der Waals surface area contributed by atoms with Crippen molar-refractivity contribution in [2.75, 3.05) is 5.33 Å². The standard InChI is InChI=1S/C11H7Br3O2/c12-6-11(13,14)10-5-8(15)7-3-1-2-4-9(7)16-10/h1-5H,6H2. The predicted molar refractivity (Wildman–Crippen MR) is 75.8 cm³/mol. The highest BCUT2D eigenvalue weighted by molar-refractivity contribution is 9.25. The number of hydrogen-bond acceptors (Lipinski definition) is 2. The lowest BCUT2D eigenvalue weighted by molar-refractivity contribution is 0.536. The molecule has 84 valence electrons. The molecule has 0 atom stereocenters. The van der Waals surface area contributed by atoms with Gasteiger partial charge in [-0.05, 0) is 12.1 Å². The fourth-order valence-electron chi connectivity index (χ4n) is 1.35. The van der Waals surface area contributed by atoms with Gasteiger partial charge in [0.25, 0.3) is 0 Å². The van der Waals surface area contributed by atoms with Crippen LogP contribution < -0.4 is 5.43 Å². The van der Waals surface area contributed by atoms with E-state index in [0.717, 1.165) is 0 Å². The van der Waals surface area contributed by atoms with Gasteiger partial charge < -0.3 is 4.42 Å². The second kappa shape index (κ2) is 4.63. The minimum absolute atomic E-state index is 0.0407. The molecular weight excluding hydrogens is 404 g/mol. The Labute approximate surface area is 117 Å². The monoisotopic (exact) mass is 408 g/mol. The van der Waals surface area contributed by atoms with Crippen molar-refractivity contribution in [3.63, 3.8) is 0 Å². The van der Waals surface area contributed by atoms with E-state index in [1.165, 1.54) is 6.07 Å². The molecule has 0 aliphatic rings. The minimum atomic E-state index is -0.552. The largest absolute Gasteiger partial charge is 0.458 e. The molecule has 2 nitrogen and oxygen atoms in total. The predicted octanol–water partition coefficient (Wildman–Crippen LogP) is 4.13. The molecule has 0 aliphatic heterocycles. The molecule has 5 heteroatoms. The first-order valence-corrected chi connectivity index (χ1v) is 7.22. The van der Waals surface area contributed by atoms with Crippen LogP contribution in [0.1, 0.15) is 5.76 Å². The Morgan fingerprint density at radius 3 is 2.62 bits per heavy atom. The van der Waals surface area contributed by atoms with Gasteiger partial charge in [-0.2, -0.15) is 0 Å². The van der Waals surface area contributed by atoms with E-state index in [0.29, 0.717) is 22.1 Å². The van der Waals surface area contributed by atoms with E-state index in [4.69, 9.17) is 4.42 Å². The van der Waals surface area contributed by atoms with Gasteiger partial charge in [0.05, 0.1) is 5.39 Å². The number of halogens is 3. The average Bonchev–Trinajstić information content (AvgIpc) is 2.29. The number of para-hydroxylation sites is 1. The van der Waals surface area contributed by atoms with Crippen LogP contribution in [0.3, 0.4) is 0 Å². The van der Waals surface area contributed by atoms with Crippen LogP contribution in [-0.2, 0) is 3.23 Å². The maximum Gasteiger partial charge on any atom is 0.193 e. The first kappa shape index (κ1) is 12.3. The van der Waals surface area contributed by atoms with Crippen LogP contribution in [-0.4, -0.2) is 5.33 Å². The Kier molecular flexibility index (Phi) is 3.56. The van der Waals surface area contributed by atoms with E-state index >= 15 is 0 Å². The summed E-state index contributed by atoms with van der Waals surface area (Å²) < 4.78 is 5.12. The Bertz CT molecular complexity index is 575. The van der Waals surface area contributed by atoms with Crippen molar-refractivity contribution in [3.05, 3.63) is 46.3 Å². The van der Waals surface area contributed by atoms with Crippen LogP contribution in [0.5, 0.6) is 0 Å². The molecule has 16 heavy (non-hydrogen) atoms. The SMILES string of the molecule is O=c1cc(C(Br)(Br)CBr)oc2ccccc12. The average molecular weight is 411 g/mol. The maximum absolute atomic E-state index is 11.8. The molecule has 0 aliphatic carbocycles. The molecule has 1 heterocycles. The number of alkyl halides is 3. The van der Waals surface area contributed by atoms with Gasteiger partial charge in [-0.25, -0.2) is 0 Å². The van der Waals surface area contributed by atoms with Gasteiger partial charge in [0.2, 0.25) is 0 Å². The van der Waals surface area contributed by atoms with Crippen LogP contribution >= 0.6 is 47.8 Å². The number of benzene rings is 1. The zero-order valence-corrected chi connectivity index (χ0v) is 12.8. The lowest BCUT2D eigenvalue weighted by Crippen LogP contribution is -2.14. The highest BCUT2D eigenvalue weighted by Crippen LogP contribution is 2.39. The molecule has 0 amide bonds. The summed E-state index contributed by atoms with van der Waals surface area (Å²) in [6, 6.07) is 8.69. The van der Waals surface area contributed by atoms with Crippen molar-refractivity contribution in [1.82, 2.24) is 0 Å². The summed E-state index contributed by atoms with van der Waals surface area (Å²) in [5.41, 5.74) is 0.551. The molecule has 0 N–H and O–H groups in total. The molecule has 0 spiro atoms. The summed E-state index contributed by atoms with van der Waals surface area (Å²) in [5.74, 6) is 0.549. The maximum atomic E-state index is 11.8. The first-order chi connectivity index (χ1) is 7.54. The molecular formula is C11H7Br3O2. The van der Waals surface area contributed by atoms with E-state index in [1.54, 1.807) is 12.1 Å². The van der Waals surface area contributed by atoms with Gasteiger partial charge in [0, 0.05) is 11.4 Å². The third-order valence-electron chi connectivity index (χ3n) is 2.16. The summed E-state index contributed by atoms with van der Waals surface area (Å²) in [7, 11) is 0. The van der Waals surface area contributed by atoms with Crippen LogP contribution in [0.25, 0.3) is 11.0 Å². The van der Waals surface area contributed by atoms with E-state index < -0.39 is 3.23 Å². The molecule has 0 saturated heterocycles. The molecule has 2 aromatic rings. The van der Waals surface area contributed by atoms with Gasteiger partial charge in [-0.3, -0.25) is 4.79 Å². The van der Waals surface area contributed by atoms with Gasteiger partial charge in [-0.15, -0.1) is 0 Å². The molecule has 0 unspecified atom stereocenters. The second-order valence-electron chi connectivity index (χ2n) is 3.31. The first-order valence-electron chi connectivity index (χ1n) is 4.52. The van der Waals surface area contributed by atoms with Crippen molar-refractivity contribution in [2.24, 2.45) is 0 Å². The van der Waals surface area contributed by atoms with Crippen molar-refractivity contribution in [1.29, 1.82) is 0 Å². The van der Waals surface area contributed by atoms with Crippen molar-refractivity contribution in [2.45, 2.75) is 3.23 Å². The normalized spacial score (nSPS) is 11.9. The number of fused-ring (bicyclic) bond motifs is 1. The number of rotatable bonds is 2. The third kappa shape index (κ3) is 2.26. The van der Waals surface area contributed by atoms with Crippen LogP contribution in [0.2, 0.25) is 0 Å². The topological polar surface area (TPSA) is 30.2 Å². The Hall–Kier alpha value is -0.130. The van der Waals surface area contributed by atoms with Gasteiger partial charge >= 0.3 is 0 Å². The lowest BCUT2D eigenvalue weighted by atomic mass is 10.2. The van der Waals surface area contributed by atoms with Gasteiger partial charge in [-0.1, -0.05) is 59.9 Å². The highest BCUT2D eigenvalue weighted by Gasteiger charge is 2.27. The van der Waals surface area contributed by atoms with Crippen LogP contribution in [0.4, 0.5) is 0 Å². The summed E-state index contributed by atoms with van der Waals surface area (Å²) in [5, 5.41) is 1.18. The summed E-state index contributed by atoms with van der Waals surface area (Å²) >= 11 is 10.2. The summed E-state index contributed by atoms with van der Waals surface area (Å²) in [6.07, 6.45) is 0. The fraction of sp³-hybridized carbons (Fsp3) is 0.182. The molecule has 0 radical (unpaired) electrons. The molecule has 2 rings (SSSR count). The van der Waals surface area contributed by atoms with Crippen molar-refractivity contribution >= 4 is 58.8 Å². The molecule has 1 aromatic heterocycles. The quantitative estimate of drug-likeness (QED) is 0.697. The molecule has 1 aromatic carbocycles. The molecule has 0 fully saturated rings. The molecule has 0 saturated carbocycles. The summed E-state index contributed by atoms with van der Waals surface area (Å²) in [4.78, 5) is 11.8. The number of hydrogen-bond donors (Lipinski definition) is 0. The van der Waals surface area contributed by atoms with E-state index in [1.807, 2.05) is 12.1 Å². The minimum Gasteiger partial charge on any atom is -0.458 e. The zero-order chi connectivity index (χ0) is 11.8. The van der Waals surface area contributed by atoms with E-state index in [-0.39, 0.29) is 5.43 Å². The lowest BCUT2D eigenvalue weighted by Gasteiger charge is -2.16. The Balaban J connectivity index is 2.72. The van der Waals surface area contributed by atoms with Gasteiger partial charge in [0.15, 0.2) is 5.43 Å². The second-order valence-corrected chi connectivity index (χ2v) is 7.64. The molecule has 0 bridgehead atoms. The Morgan fingerprint density at radius 2 is 1.94 bits per heavy atom. The zero-order valence-electron chi connectivity index (χ0n) is 8.04.